The number of benzene rings is 2. The van der Waals surface area contributed by atoms with Crippen molar-refractivity contribution in [3.8, 4) is 0 Å². The highest BCUT2D eigenvalue weighted by molar-refractivity contribution is 7.94. The van der Waals surface area contributed by atoms with Crippen LogP contribution in [0.5, 0.6) is 0 Å². The van der Waals surface area contributed by atoms with Crippen LogP contribution in [-0.2, 0) is 21.0 Å². The first-order chi connectivity index (χ1) is 13.0. The normalized spacial score (nSPS) is 16.3. The molecule has 6 nitrogen and oxygen atoms in total. The van der Waals surface area contributed by atoms with Crippen LogP contribution < -0.4 is 9.62 Å². The third-order valence-electron chi connectivity index (χ3n) is 3.99. The van der Waals surface area contributed by atoms with Crippen molar-refractivity contribution < 1.29 is 31.2 Å². The molecule has 0 saturated carbocycles. The number of nitrogens with zero attached hydrogens (tertiary/aromatic N) is 1. The molecule has 2 aromatic carbocycles. The van der Waals surface area contributed by atoms with Crippen LogP contribution in [0.2, 0.25) is 5.02 Å². The summed E-state index contributed by atoms with van der Waals surface area (Å²) in [6.07, 6.45) is -4.89. The fourth-order valence-electron chi connectivity index (χ4n) is 2.71. The Labute approximate surface area is 163 Å². The first-order valence-corrected chi connectivity index (χ1v) is 9.82. The van der Waals surface area contributed by atoms with E-state index < -0.39 is 39.3 Å². The van der Waals surface area contributed by atoms with Crippen molar-refractivity contribution >= 4 is 44.8 Å². The van der Waals surface area contributed by atoms with Gasteiger partial charge in [0, 0.05) is 6.42 Å². The summed E-state index contributed by atoms with van der Waals surface area (Å²) < 4.78 is 63.9. The Morgan fingerprint density at radius 1 is 1.14 bits per heavy atom. The van der Waals surface area contributed by atoms with Crippen LogP contribution in [0.1, 0.15) is 22.3 Å². The maximum Gasteiger partial charge on any atom is 0.418 e. The molecule has 1 fully saturated rings. The van der Waals surface area contributed by atoms with Gasteiger partial charge in [0.05, 0.1) is 33.3 Å². The Kier molecular flexibility index (Phi) is 5.11. The first kappa shape index (κ1) is 20.2. The summed E-state index contributed by atoms with van der Waals surface area (Å²) in [7, 11) is -3.87. The molecular formula is C17H12ClF3N2O4S. The maximum absolute atomic E-state index is 13.1. The summed E-state index contributed by atoms with van der Waals surface area (Å²) in [5, 5.41) is 2.01. The molecule has 0 spiro atoms. The number of carbonyl (C=O) groups is 2. The number of hydrogen-bond acceptors (Lipinski definition) is 4. The zero-order valence-electron chi connectivity index (χ0n) is 14.0. The van der Waals surface area contributed by atoms with Gasteiger partial charge < -0.3 is 5.32 Å². The van der Waals surface area contributed by atoms with Crippen LogP contribution in [0.4, 0.5) is 24.5 Å². The third kappa shape index (κ3) is 3.83. The smallest absolute Gasteiger partial charge is 0.321 e. The van der Waals surface area contributed by atoms with E-state index >= 15 is 0 Å². The van der Waals surface area contributed by atoms with Crippen LogP contribution in [0.25, 0.3) is 0 Å². The Hall–Kier alpha value is -2.59. The molecule has 148 valence electrons. The molecule has 1 aliphatic rings. The van der Waals surface area contributed by atoms with E-state index in [2.05, 4.69) is 5.32 Å². The van der Waals surface area contributed by atoms with Crippen LogP contribution >= 0.6 is 11.6 Å². The van der Waals surface area contributed by atoms with Crippen molar-refractivity contribution in [1.29, 1.82) is 0 Å². The van der Waals surface area contributed by atoms with Gasteiger partial charge in [-0.3, -0.25) is 9.59 Å². The van der Waals surface area contributed by atoms with Crippen LogP contribution in [-0.4, -0.2) is 26.0 Å². The molecule has 0 bridgehead atoms. The third-order valence-corrected chi connectivity index (χ3v) is 6.01. The van der Waals surface area contributed by atoms with Gasteiger partial charge in [-0.25, -0.2) is 12.7 Å². The Morgan fingerprint density at radius 2 is 1.82 bits per heavy atom. The molecule has 1 saturated heterocycles. The number of halogens is 4. The first-order valence-electron chi connectivity index (χ1n) is 7.83. The lowest BCUT2D eigenvalue weighted by atomic mass is 10.1. The van der Waals surface area contributed by atoms with E-state index in [0.29, 0.717) is 4.31 Å². The second-order valence-electron chi connectivity index (χ2n) is 5.89. The van der Waals surface area contributed by atoms with E-state index in [9.17, 15) is 31.2 Å². The molecule has 0 unspecified atom stereocenters. The van der Waals surface area contributed by atoms with Gasteiger partial charge in [-0.2, -0.15) is 13.2 Å². The molecule has 0 aliphatic carbocycles. The van der Waals surface area contributed by atoms with Crippen molar-refractivity contribution in [3.05, 3.63) is 58.6 Å². The number of hydrogen-bond donors (Lipinski definition) is 1. The quantitative estimate of drug-likeness (QED) is 0.802. The van der Waals surface area contributed by atoms with Gasteiger partial charge in [0.1, 0.15) is 0 Å². The van der Waals surface area contributed by atoms with Gasteiger partial charge in [0.25, 0.3) is 5.91 Å². The zero-order valence-corrected chi connectivity index (χ0v) is 15.5. The van der Waals surface area contributed by atoms with Crippen molar-refractivity contribution in [2.24, 2.45) is 0 Å². The Balaban J connectivity index is 1.97. The lowest BCUT2D eigenvalue weighted by molar-refractivity contribution is -0.136. The van der Waals surface area contributed by atoms with Crippen molar-refractivity contribution in [3.63, 3.8) is 0 Å². The van der Waals surface area contributed by atoms with Gasteiger partial charge in [-0.1, -0.05) is 23.7 Å². The van der Waals surface area contributed by atoms with Crippen molar-refractivity contribution in [2.45, 2.75) is 12.6 Å². The molecule has 1 heterocycles. The zero-order chi connectivity index (χ0) is 20.7. The van der Waals surface area contributed by atoms with E-state index in [-0.39, 0.29) is 28.4 Å². The molecule has 3 rings (SSSR count). The molecule has 1 aliphatic heterocycles. The van der Waals surface area contributed by atoms with E-state index in [4.69, 9.17) is 11.6 Å². The van der Waals surface area contributed by atoms with Crippen molar-refractivity contribution in [1.82, 2.24) is 0 Å². The molecule has 2 amide bonds. The maximum atomic E-state index is 13.1. The highest BCUT2D eigenvalue weighted by Gasteiger charge is 2.37. The van der Waals surface area contributed by atoms with Gasteiger partial charge in [-0.15, -0.1) is 0 Å². The van der Waals surface area contributed by atoms with E-state index in [1.807, 2.05) is 0 Å². The highest BCUT2D eigenvalue weighted by atomic mass is 35.5. The fourth-order valence-corrected chi connectivity index (χ4v) is 4.37. The van der Waals surface area contributed by atoms with Crippen LogP contribution in [0, 0.1) is 0 Å². The lowest BCUT2D eigenvalue weighted by Crippen LogP contribution is -2.29. The molecule has 1 N–H and O–H groups in total. The largest absolute Gasteiger partial charge is 0.418 e. The number of carbonyl (C=O) groups excluding carboxylic acids is 2. The minimum Gasteiger partial charge on any atom is -0.321 e. The minimum absolute atomic E-state index is 0.110. The average Bonchev–Trinajstić information content (AvgIpc) is 2.88. The Morgan fingerprint density at radius 3 is 2.43 bits per heavy atom. The predicted molar refractivity (Wildman–Crippen MR) is 96.7 cm³/mol. The summed E-state index contributed by atoms with van der Waals surface area (Å²) in [6.45, 7) is 0. The number of sulfonamides is 1. The van der Waals surface area contributed by atoms with Gasteiger partial charge in [0.2, 0.25) is 15.9 Å². The summed E-state index contributed by atoms with van der Waals surface area (Å²) in [5.41, 5.74) is -1.91. The summed E-state index contributed by atoms with van der Waals surface area (Å²) in [5.74, 6) is -2.02. The predicted octanol–water partition coefficient (Wildman–Crippen LogP) is 3.68. The fraction of sp³-hybridized carbons (Fsp3) is 0.176. The second kappa shape index (κ2) is 7.10. The lowest BCUT2D eigenvalue weighted by Gasteiger charge is -2.17. The number of amides is 2. The molecule has 0 atom stereocenters. The number of alkyl halides is 3. The van der Waals surface area contributed by atoms with E-state index in [1.54, 1.807) is 0 Å². The summed E-state index contributed by atoms with van der Waals surface area (Å²) >= 11 is 5.97. The SMILES string of the molecule is O=C(Nc1ccccc1C(F)(F)F)c1cc(N2C(=O)CCS2(=O)=O)ccc1Cl. The standard InChI is InChI=1S/C17H12ClF3N2O4S/c18-13-6-5-10(23-15(24)7-8-28(23,26)27)9-11(13)16(25)22-14-4-2-1-3-12(14)17(19,20)21/h1-6,9H,7-8H2,(H,22,25). The highest BCUT2D eigenvalue weighted by Crippen LogP contribution is 2.35. The molecule has 28 heavy (non-hydrogen) atoms. The number of rotatable bonds is 3. The van der Waals surface area contributed by atoms with Crippen LogP contribution in [0.15, 0.2) is 42.5 Å². The van der Waals surface area contributed by atoms with E-state index in [0.717, 1.165) is 18.2 Å². The second-order valence-corrected chi connectivity index (χ2v) is 8.23. The summed E-state index contributed by atoms with van der Waals surface area (Å²) in [6, 6.07) is 7.87. The van der Waals surface area contributed by atoms with Crippen LogP contribution in [0.3, 0.4) is 0 Å². The molecule has 11 heteroatoms. The number of para-hydroxylation sites is 1. The molecule has 0 aromatic heterocycles. The van der Waals surface area contributed by atoms with Crippen molar-refractivity contribution in [2.75, 3.05) is 15.4 Å². The Bertz CT molecular complexity index is 1070. The monoisotopic (exact) mass is 432 g/mol. The number of nitrogens with one attached hydrogen (secondary N) is 1. The summed E-state index contributed by atoms with van der Waals surface area (Å²) in [4.78, 5) is 24.4. The average molecular weight is 433 g/mol. The minimum atomic E-state index is -4.69. The topological polar surface area (TPSA) is 83.6 Å². The molecule has 2 aromatic rings. The molecule has 0 radical (unpaired) electrons. The molecular weight excluding hydrogens is 421 g/mol. The van der Waals surface area contributed by atoms with Gasteiger partial charge in [0.15, 0.2) is 0 Å². The number of anilines is 2. The van der Waals surface area contributed by atoms with Gasteiger partial charge >= 0.3 is 6.18 Å². The van der Waals surface area contributed by atoms with Gasteiger partial charge in [-0.05, 0) is 30.3 Å². The van der Waals surface area contributed by atoms with E-state index in [1.165, 1.54) is 24.3 Å².